The number of hydrazone groups is 1. The van der Waals surface area contributed by atoms with Gasteiger partial charge in [-0.15, -0.1) is 0 Å². The van der Waals surface area contributed by atoms with Crippen LogP contribution in [0.4, 0.5) is 5.69 Å². The molecule has 0 aliphatic carbocycles. The molecular weight excluding hydrogens is 486 g/mol. The topological polar surface area (TPSA) is 102 Å². The highest BCUT2D eigenvalue weighted by Crippen LogP contribution is 2.19. The minimum absolute atomic E-state index is 0.292. The molecule has 3 rings (SSSR count). The Morgan fingerprint density at radius 3 is 2.48 bits per heavy atom. The molecule has 1 amide bonds. The summed E-state index contributed by atoms with van der Waals surface area (Å²) in [5.74, 6) is -0.287. The minimum Gasteiger partial charge on any atom is -0.265 e. The van der Waals surface area contributed by atoms with Gasteiger partial charge < -0.3 is 0 Å². The van der Waals surface area contributed by atoms with Crippen molar-refractivity contribution in [1.29, 1.82) is 0 Å². The molecule has 0 saturated carbocycles. The summed E-state index contributed by atoms with van der Waals surface area (Å²) < 4.78 is 2.29. The average Bonchev–Trinajstić information content (AvgIpc) is 3.20. The van der Waals surface area contributed by atoms with E-state index in [1.54, 1.807) is 0 Å². The molecule has 8 nitrogen and oxygen atoms in total. The Morgan fingerprint density at radius 1 is 1.21 bits per heavy atom. The fourth-order valence-electron chi connectivity index (χ4n) is 3.09. The predicted octanol–water partition coefficient (Wildman–Crippen LogP) is 5.54. The molecule has 1 N–H and O–H groups in total. The Kier molecular flexibility index (Phi) is 7.89. The Bertz CT molecular complexity index is 1200. The van der Waals surface area contributed by atoms with Gasteiger partial charge in [0, 0.05) is 4.47 Å². The van der Waals surface area contributed by atoms with Gasteiger partial charge >= 0.3 is 5.69 Å². The van der Waals surface area contributed by atoms with Crippen molar-refractivity contribution in [2.75, 3.05) is 0 Å². The van der Waals surface area contributed by atoms with E-state index in [1.165, 1.54) is 22.7 Å². The second kappa shape index (κ2) is 10.8. The third-order valence-electron chi connectivity index (χ3n) is 4.84. The van der Waals surface area contributed by atoms with E-state index in [0.717, 1.165) is 21.2 Å². The minimum atomic E-state index is -0.749. The highest BCUT2D eigenvalue weighted by atomic mass is 79.9. The molecule has 0 saturated heterocycles. The van der Waals surface area contributed by atoms with Crippen LogP contribution >= 0.6 is 15.9 Å². The molecule has 0 aliphatic rings. The van der Waals surface area contributed by atoms with Crippen molar-refractivity contribution >= 4 is 39.8 Å². The normalized spacial score (nSPS) is 11.8. The van der Waals surface area contributed by atoms with Crippen LogP contribution in [0.3, 0.4) is 0 Å². The molecule has 0 aliphatic heterocycles. The largest absolute Gasteiger partial charge is 0.320 e. The number of hydrogen-bond donors (Lipinski definition) is 1. The van der Waals surface area contributed by atoms with E-state index < -0.39 is 10.8 Å². The first-order valence-electron chi connectivity index (χ1n) is 10.3. The number of aromatic nitrogens is 2. The second-order valence-corrected chi connectivity index (χ2v) is 8.77. The maximum atomic E-state index is 12.5. The summed E-state index contributed by atoms with van der Waals surface area (Å²) >= 11 is 3.36. The number of rotatable bonds is 8. The van der Waals surface area contributed by atoms with Gasteiger partial charge in [0.2, 0.25) is 5.69 Å². The van der Waals surface area contributed by atoms with Crippen LogP contribution in [0.25, 0.3) is 6.08 Å². The first kappa shape index (κ1) is 24.1. The van der Waals surface area contributed by atoms with Gasteiger partial charge in [-0.25, -0.2) is 5.43 Å². The van der Waals surface area contributed by atoms with Crippen LogP contribution in [0.15, 0.2) is 69.9 Å². The SMILES string of the molecule is CC(/C=N\NC(=O)c1nn(Cc2ccc(Br)cc2)cc1[N+](=O)[O-])=C\c1ccc(C(C)C)cc1. The molecule has 1 heterocycles. The molecule has 0 fully saturated rings. The van der Waals surface area contributed by atoms with E-state index in [1.807, 2.05) is 49.4 Å². The summed E-state index contributed by atoms with van der Waals surface area (Å²) in [5.41, 5.74) is 5.62. The van der Waals surface area contributed by atoms with Crippen LogP contribution in [-0.2, 0) is 6.54 Å². The number of nitrogens with zero attached hydrogens (tertiary/aromatic N) is 4. The lowest BCUT2D eigenvalue weighted by Crippen LogP contribution is -2.19. The summed E-state index contributed by atoms with van der Waals surface area (Å²) in [6, 6.07) is 15.7. The number of hydrogen-bond acceptors (Lipinski definition) is 5. The van der Waals surface area contributed by atoms with E-state index >= 15 is 0 Å². The van der Waals surface area contributed by atoms with Gasteiger partial charge in [0.15, 0.2) is 0 Å². The standard InChI is InChI=1S/C24H24BrN5O3/c1-16(2)20-8-4-18(5-9-20)12-17(3)13-26-27-24(31)23-22(30(32)33)15-29(28-23)14-19-6-10-21(25)11-7-19/h4-13,15-16H,14H2,1-3H3,(H,27,31)/b17-12+,26-13-. The van der Waals surface area contributed by atoms with Gasteiger partial charge in [-0.2, -0.15) is 10.2 Å². The third kappa shape index (κ3) is 6.69. The zero-order valence-electron chi connectivity index (χ0n) is 18.5. The van der Waals surface area contributed by atoms with Gasteiger partial charge in [0.25, 0.3) is 5.91 Å². The molecule has 170 valence electrons. The number of carbonyl (C=O) groups excluding carboxylic acids is 1. The molecule has 0 unspecified atom stereocenters. The van der Waals surface area contributed by atoms with Crippen LogP contribution in [-0.4, -0.2) is 26.8 Å². The highest BCUT2D eigenvalue weighted by molar-refractivity contribution is 9.10. The van der Waals surface area contributed by atoms with Gasteiger partial charge in [0.1, 0.15) is 6.20 Å². The zero-order valence-corrected chi connectivity index (χ0v) is 20.1. The van der Waals surface area contributed by atoms with Gasteiger partial charge in [0.05, 0.1) is 17.7 Å². The van der Waals surface area contributed by atoms with E-state index in [4.69, 9.17) is 0 Å². The number of benzene rings is 2. The summed E-state index contributed by atoms with van der Waals surface area (Å²) in [4.78, 5) is 23.3. The van der Waals surface area contributed by atoms with E-state index in [2.05, 4.69) is 57.5 Å². The second-order valence-electron chi connectivity index (χ2n) is 7.85. The summed E-state index contributed by atoms with van der Waals surface area (Å²) in [6.07, 6.45) is 4.65. The maximum Gasteiger partial charge on any atom is 0.320 e. The Morgan fingerprint density at radius 2 is 1.88 bits per heavy atom. The quantitative estimate of drug-likeness (QED) is 0.244. The molecule has 0 atom stereocenters. The van der Waals surface area contributed by atoms with Crippen LogP contribution in [0.1, 0.15) is 53.9 Å². The van der Waals surface area contributed by atoms with Gasteiger partial charge in [-0.05, 0) is 47.2 Å². The lowest BCUT2D eigenvalue weighted by Gasteiger charge is -2.05. The van der Waals surface area contributed by atoms with Crippen molar-refractivity contribution in [1.82, 2.24) is 15.2 Å². The van der Waals surface area contributed by atoms with Crippen molar-refractivity contribution in [3.05, 3.63) is 97.3 Å². The molecule has 0 bridgehead atoms. The predicted molar refractivity (Wildman–Crippen MR) is 132 cm³/mol. The lowest BCUT2D eigenvalue weighted by atomic mass is 10.0. The van der Waals surface area contributed by atoms with Crippen LogP contribution in [0, 0.1) is 10.1 Å². The van der Waals surface area contributed by atoms with Crippen molar-refractivity contribution in [2.24, 2.45) is 5.10 Å². The Hall–Kier alpha value is -3.59. The van der Waals surface area contributed by atoms with Crippen molar-refractivity contribution < 1.29 is 9.72 Å². The number of allylic oxidation sites excluding steroid dienone is 1. The lowest BCUT2D eigenvalue weighted by molar-refractivity contribution is -0.385. The number of nitrogens with one attached hydrogen (secondary N) is 1. The monoisotopic (exact) mass is 509 g/mol. The Balaban J connectivity index is 1.68. The van der Waals surface area contributed by atoms with Crippen LogP contribution in [0.5, 0.6) is 0 Å². The van der Waals surface area contributed by atoms with Crippen LogP contribution in [0.2, 0.25) is 0 Å². The molecule has 2 aromatic carbocycles. The van der Waals surface area contributed by atoms with Crippen molar-refractivity contribution in [3.8, 4) is 0 Å². The third-order valence-corrected chi connectivity index (χ3v) is 5.37. The van der Waals surface area contributed by atoms with E-state index in [9.17, 15) is 14.9 Å². The molecule has 9 heteroatoms. The average molecular weight is 510 g/mol. The van der Waals surface area contributed by atoms with E-state index in [0.29, 0.717) is 12.5 Å². The van der Waals surface area contributed by atoms with Crippen molar-refractivity contribution in [3.63, 3.8) is 0 Å². The Labute approximate surface area is 200 Å². The first-order chi connectivity index (χ1) is 15.7. The molecule has 3 aromatic rings. The molecular formula is C24H24BrN5O3. The smallest absolute Gasteiger partial charge is 0.265 e. The summed E-state index contributed by atoms with van der Waals surface area (Å²) in [5, 5.41) is 19.4. The zero-order chi connectivity index (χ0) is 24.0. The molecule has 0 spiro atoms. The summed E-state index contributed by atoms with van der Waals surface area (Å²) in [6.45, 7) is 6.42. The fourth-order valence-corrected chi connectivity index (χ4v) is 3.35. The fraction of sp³-hybridized carbons (Fsp3) is 0.208. The number of carbonyl (C=O) groups is 1. The van der Waals surface area contributed by atoms with Gasteiger partial charge in [-0.1, -0.05) is 72.3 Å². The summed E-state index contributed by atoms with van der Waals surface area (Å²) in [7, 11) is 0. The molecule has 1 aromatic heterocycles. The van der Waals surface area contributed by atoms with Gasteiger partial charge in [-0.3, -0.25) is 19.6 Å². The number of amides is 1. The van der Waals surface area contributed by atoms with Crippen LogP contribution < -0.4 is 5.43 Å². The van der Waals surface area contributed by atoms with Crippen molar-refractivity contribution in [2.45, 2.75) is 33.2 Å². The number of halogens is 1. The highest BCUT2D eigenvalue weighted by Gasteiger charge is 2.25. The first-order valence-corrected chi connectivity index (χ1v) is 11.1. The molecule has 0 radical (unpaired) electrons. The van der Waals surface area contributed by atoms with E-state index in [-0.39, 0.29) is 11.4 Å². The molecule has 33 heavy (non-hydrogen) atoms. The maximum absolute atomic E-state index is 12.5. The number of nitro groups is 1.